The molecule has 0 aliphatic carbocycles. The molecule has 150 valence electrons. The second-order valence-electron chi connectivity index (χ2n) is 6.84. The molecule has 0 aliphatic rings. The van der Waals surface area contributed by atoms with E-state index in [1.807, 2.05) is 60.4 Å². The normalized spacial score (nSPS) is 10.4. The van der Waals surface area contributed by atoms with Gasteiger partial charge in [-0.1, -0.05) is 60.7 Å². The van der Waals surface area contributed by atoms with Crippen LogP contribution < -0.4 is 9.47 Å². The first-order valence-corrected chi connectivity index (χ1v) is 9.77. The molecule has 0 spiro atoms. The Kier molecular flexibility index (Phi) is 6.90. The standard InChI is InChI=1S/C25H27NO3/c1-4-26(18-20-12-15-23(28-2)24(16-20)29-3)25(27)17-19-10-13-22(14-11-19)21-8-6-5-7-9-21/h5-16H,4,17-18H2,1-3H3. The van der Waals surface area contributed by atoms with Crippen molar-refractivity contribution in [2.75, 3.05) is 20.8 Å². The van der Waals surface area contributed by atoms with E-state index in [0.29, 0.717) is 31.0 Å². The highest BCUT2D eigenvalue weighted by molar-refractivity contribution is 5.79. The lowest BCUT2D eigenvalue weighted by Gasteiger charge is -2.22. The molecule has 0 radical (unpaired) electrons. The zero-order chi connectivity index (χ0) is 20.6. The third kappa shape index (κ3) is 5.17. The van der Waals surface area contributed by atoms with E-state index in [2.05, 4.69) is 24.3 Å². The van der Waals surface area contributed by atoms with Crippen molar-refractivity contribution >= 4 is 5.91 Å². The number of likely N-dealkylation sites (N-methyl/N-ethyl adjacent to an activating group) is 1. The molecule has 0 saturated heterocycles. The molecule has 0 atom stereocenters. The Morgan fingerprint density at radius 2 is 1.41 bits per heavy atom. The van der Waals surface area contributed by atoms with Crippen LogP contribution >= 0.6 is 0 Å². The molecule has 0 saturated carbocycles. The maximum Gasteiger partial charge on any atom is 0.227 e. The second kappa shape index (κ2) is 9.78. The van der Waals surface area contributed by atoms with Crippen molar-refractivity contribution in [3.8, 4) is 22.6 Å². The summed E-state index contributed by atoms with van der Waals surface area (Å²) in [5.74, 6) is 1.46. The molecular formula is C25H27NO3. The van der Waals surface area contributed by atoms with Gasteiger partial charge in [-0.05, 0) is 41.3 Å². The Hall–Kier alpha value is -3.27. The molecule has 0 N–H and O–H groups in total. The van der Waals surface area contributed by atoms with Gasteiger partial charge in [-0.25, -0.2) is 0 Å². The molecule has 4 nitrogen and oxygen atoms in total. The monoisotopic (exact) mass is 389 g/mol. The summed E-state index contributed by atoms with van der Waals surface area (Å²) in [6.45, 7) is 3.18. The number of benzene rings is 3. The van der Waals surface area contributed by atoms with Crippen LogP contribution in [0.2, 0.25) is 0 Å². The lowest BCUT2D eigenvalue weighted by Crippen LogP contribution is -2.31. The largest absolute Gasteiger partial charge is 0.493 e. The summed E-state index contributed by atoms with van der Waals surface area (Å²) in [6, 6.07) is 24.2. The van der Waals surface area contributed by atoms with E-state index in [4.69, 9.17) is 9.47 Å². The van der Waals surface area contributed by atoms with Gasteiger partial charge >= 0.3 is 0 Å². The second-order valence-corrected chi connectivity index (χ2v) is 6.84. The number of amides is 1. The van der Waals surface area contributed by atoms with Crippen LogP contribution in [0.1, 0.15) is 18.1 Å². The maximum atomic E-state index is 12.9. The summed E-state index contributed by atoms with van der Waals surface area (Å²) in [5.41, 5.74) is 4.35. The minimum atomic E-state index is 0.106. The lowest BCUT2D eigenvalue weighted by molar-refractivity contribution is -0.130. The Balaban J connectivity index is 1.67. The van der Waals surface area contributed by atoms with E-state index in [1.165, 1.54) is 5.56 Å². The quantitative estimate of drug-likeness (QED) is 0.546. The molecule has 1 amide bonds. The van der Waals surface area contributed by atoms with Crippen LogP contribution in [0.3, 0.4) is 0 Å². The fourth-order valence-electron chi connectivity index (χ4n) is 3.31. The molecule has 0 heterocycles. The average Bonchev–Trinajstić information content (AvgIpc) is 2.78. The Morgan fingerprint density at radius 3 is 2.03 bits per heavy atom. The van der Waals surface area contributed by atoms with Crippen LogP contribution in [-0.4, -0.2) is 31.6 Å². The summed E-state index contributed by atoms with van der Waals surface area (Å²) in [4.78, 5) is 14.7. The fourth-order valence-corrected chi connectivity index (χ4v) is 3.31. The third-order valence-corrected chi connectivity index (χ3v) is 4.97. The van der Waals surface area contributed by atoms with E-state index in [-0.39, 0.29) is 5.91 Å². The molecule has 0 unspecified atom stereocenters. The number of nitrogens with zero attached hydrogens (tertiary/aromatic N) is 1. The fraction of sp³-hybridized carbons (Fsp3) is 0.240. The highest BCUT2D eigenvalue weighted by Crippen LogP contribution is 2.28. The molecule has 0 bridgehead atoms. The lowest BCUT2D eigenvalue weighted by atomic mass is 10.0. The molecular weight excluding hydrogens is 362 g/mol. The van der Waals surface area contributed by atoms with Crippen molar-refractivity contribution in [3.63, 3.8) is 0 Å². The van der Waals surface area contributed by atoms with Crippen LogP contribution in [0, 0.1) is 0 Å². The van der Waals surface area contributed by atoms with Crippen molar-refractivity contribution in [3.05, 3.63) is 83.9 Å². The number of ether oxygens (including phenoxy) is 2. The number of rotatable bonds is 8. The van der Waals surface area contributed by atoms with Crippen LogP contribution in [-0.2, 0) is 17.8 Å². The van der Waals surface area contributed by atoms with Gasteiger partial charge in [0.25, 0.3) is 0 Å². The maximum absolute atomic E-state index is 12.9. The molecule has 0 aliphatic heterocycles. The zero-order valence-electron chi connectivity index (χ0n) is 17.2. The third-order valence-electron chi connectivity index (χ3n) is 4.97. The number of hydrogen-bond donors (Lipinski definition) is 0. The summed E-state index contributed by atoms with van der Waals surface area (Å²) in [5, 5.41) is 0. The molecule has 3 aromatic carbocycles. The van der Waals surface area contributed by atoms with Gasteiger partial charge in [0.1, 0.15) is 0 Å². The molecule has 3 rings (SSSR count). The minimum absolute atomic E-state index is 0.106. The van der Waals surface area contributed by atoms with E-state index in [9.17, 15) is 4.79 Å². The number of carbonyl (C=O) groups is 1. The van der Waals surface area contributed by atoms with Crippen molar-refractivity contribution in [2.24, 2.45) is 0 Å². The first-order valence-electron chi connectivity index (χ1n) is 9.77. The van der Waals surface area contributed by atoms with E-state index >= 15 is 0 Å². The first kappa shape index (κ1) is 20.5. The van der Waals surface area contributed by atoms with Crippen molar-refractivity contribution in [1.82, 2.24) is 4.90 Å². The first-order chi connectivity index (χ1) is 14.1. The molecule has 29 heavy (non-hydrogen) atoms. The molecule has 3 aromatic rings. The summed E-state index contributed by atoms with van der Waals surface area (Å²) < 4.78 is 10.7. The molecule has 0 aromatic heterocycles. The van der Waals surface area contributed by atoms with Gasteiger partial charge in [-0.15, -0.1) is 0 Å². The van der Waals surface area contributed by atoms with E-state index < -0.39 is 0 Å². The van der Waals surface area contributed by atoms with E-state index in [1.54, 1.807) is 14.2 Å². The summed E-state index contributed by atoms with van der Waals surface area (Å²) in [6.07, 6.45) is 0.385. The predicted molar refractivity (Wildman–Crippen MR) is 116 cm³/mol. The highest BCUT2D eigenvalue weighted by atomic mass is 16.5. The predicted octanol–water partition coefficient (Wildman–Crippen LogP) is 4.96. The molecule has 4 heteroatoms. The smallest absolute Gasteiger partial charge is 0.227 e. The average molecular weight is 389 g/mol. The van der Waals surface area contributed by atoms with Gasteiger partial charge in [0.15, 0.2) is 11.5 Å². The number of carbonyl (C=O) groups excluding carboxylic acids is 1. The number of methoxy groups -OCH3 is 2. The van der Waals surface area contributed by atoms with Gasteiger partial charge < -0.3 is 14.4 Å². The minimum Gasteiger partial charge on any atom is -0.493 e. The summed E-state index contributed by atoms with van der Waals surface area (Å²) >= 11 is 0. The van der Waals surface area contributed by atoms with Gasteiger partial charge in [-0.2, -0.15) is 0 Å². The van der Waals surface area contributed by atoms with Crippen molar-refractivity contribution < 1.29 is 14.3 Å². The Morgan fingerprint density at radius 1 is 0.793 bits per heavy atom. The van der Waals surface area contributed by atoms with Crippen LogP contribution in [0.15, 0.2) is 72.8 Å². The van der Waals surface area contributed by atoms with Gasteiger partial charge in [0, 0.05) is 13.1 Å². The Labute approximate surface area is 172 Å². The van der Waals surface area contributed by atoms with Crippen LogP contribution in [0.25, 0.3) is 11.1 Å². The van der Waals surface area contributed by atoms with Gasteiger partial charge in [0.05, 0.1) is 20.6 Å². The van der Waals surface area contributed by atoms with Crippen molar-refractivity contribution in [1.29, 1.82) is 0 Å². The SMILES string of the molecule is CCN(Cc1ccc(OC)c(OC)c1)C(=O)Cc1ccc(-c2ccccc2)cc1. The number of hydrogen-bond acceptors (Lipinski definition) is 3. The molecule has 0 fully saturated rings. The summed E-state index contributed by atoms with van der Waals surface area (Å²) in [7, 11) is 3.23. The van der Waals surface area contributed by atoms with Crippen molar-refractivity contribution in [2.45, 2.75) is 19.9 Å². The zero-order valence-corrected chi connectivity index (χ0v) is 17.2. The van der Waals surface area contributed by atoms with Crippen LogP contribution in [0.5, 0.6) is 11.5 Å². The topological polar surface area (TPSA) is 38.8 Å². The van der Waals surface area contributed by atoms with Gasteiger partial charge in [-0.3, -0.25) is 4.79 Å². The van der Waals surface area contributed by atoms with E-state index in [0.717, 1.165) is 16.7 Å². The van der Waals surface area contributed by atoms with Gasteiger partial charge in [0.2, 0.25) is 5.91 Å². The van der Waals surface area contributed by atoms with Crippen LogP contribution in [0.4, 0.5) is 0 Å². The highest BCUT2D eigenvalue weighted by Gasteiger charge is 2.14. The Bertz CT molecular complexity index is 936.